The predicted molar refractivity (Wildman–Crippen MR) is 85.0 cm³/mol. The van der Waals surface area contributed by atoms with E-state index in [9.17, 15) is 14.9 Å². The number of benzene rings is 2. The number of para-hydroxylation sites is 1. The minimum Gasteiger partial charge on any atom is -0.321 e. The van der Waals surface area contributed by atoms with Crippen molar-refractivity contribution in [2.24, 2.45) is 5.10 Å². The van der Waals surface area contributed by atoms with Gasteiger partial charge in [0.2, 0.25) is 0 Å². The van der Waals surface area contributed by atoms with Crippen molar-refractivity contribution in [3.05, 3.63) is 64.2 Å². The van der Waals surface area contributed by atoms with Gasteiger partial charge in [-0.15, -0.1) is 0 Å². The molecular formula is C15H14N4O3. The van der Waals surface area contributed by atoms with Gasteiger partial charge in [-0.05, 0) is 30.7 Å². The second-order valence-electron chi connectivity index (χ2n) is 4.50. The highest BCUT2D eigenvalue weighted by atomic mass is 16.6. The van der Waals surface area contributed by atoms with E-state index in [1.165, 1.54) is 6.07 Å². The molecule has 0 radical (unpaired) electrons. The van der Waals surface area contributed by atoms with Gasteiger partial charge in [-0.25, -0.2) is 0 Å². The molecule has 1 amide bonds. The Kier molecular flexibility index (Phi) is 4.81. The van der Waals surface area contributed by atoms with E-state index in [4.69, 9.17) is 0 Å². The average molecular weight is 298 g/mol. The third kappa shape index (κ3) is 4.14. The molecule has 7 heteroatoms. The lowest BCUT2D eigenvalue weighted by Gasteiger charge is -2.03. The minimum absolute atomic E-state index is 0.0967. The van der Waals surface area contributed by atoms with Crippen LogP contribution >= 0.6 is 0 Å². The largest absolute Gasteiger partial charge is 0.321 e. The van der Waals surface area contributed by atoms with Crippen LogP contribution in [0.25, 0.3) is 0 Å². The number of amides is 1. The number of carbonyl (C=O) groups excluding carboxylic acids is 1. The molecule has 0 saturated heterocycles. The second kappa shape index (κ2) is 6.98. The number of nitro benzene ring substituents is 1. The number of rotatable bonds is 5. The summed E-state index contributed by atoms with van der Waals surface area (Å²) in [4.78, 5) is 22.1. The fourth-order valence-electron chi connectivity index (χ4n) is 1.74. The molecule has 2 N–H and O–H groups in total. The molecule has 2 rings (SSSR count). The van der Waals surface area contributed by atoms with Gasteiger partial charge < -0.3 is 5.32 Å². The second-order valence-corrected chi connectivity index (χ2v) is 4.50. The third-order valence-electron chi connectivity index (χ3n) is 2.76. The minimum atomic E-state index is -0.505. The van der Waals surface area contributed by atoms with Crippen LogP contribution in [-0.4, -0.2) is 17.0 Å². The van der Waals surface area contributed by atoms with Crippen LogP contribution in [0.2, 0.25) is 0 Å². The first-order valence-corrected chi connectivity index (χ1v) is 6.46. The van der Waals surface area contributed by atoms with Crippen LogP contribution in [0.5, 0.6) is 0 Å². The molecule has 0 aliphatic rings. The van der Waals surface area contributed by atoms with Gasteiger partial charge in [-0.2, -0.15) is 5.10 Å². The van der Waals surface area contributed by atoms with Crippen LogP contribution in [0, 0.1) is 17.0 Å². The first kappa shape index (κ1) is 15.2. The van der Waals surface area contributed by atoms with Crippen LogP contribution in [0.4, 0.5) is 17.1 Å². The molecule has 0 unspecified atom stereocenters. The van der Waals surface area contributed by atoms with Crippen LogP contribution in [-0.2, 0) is 4.79 Å². The highest BCUT2D eigenvalue weighted by molar-refractivity contribution is 6.31. The average Bonchev–Trinajstić information content (AvgIpc) is 2.49. The smallest absolute Gasteiger partial charge is 0.294 e. The van der Waals surface area contributed by atoms with E-state index in [1.807, 2.05) is 6.07 Å². The molecular weight excluding hydrogens is 284 g/mol. The lowest BCUT2D eigenvalue weighted by molar-refractivity contribution is -0.384. The number of hydrogen-bond acceptors (Lipinski definition) is 5. The van der Waals surface area contributed by atoms with Gasteiger partial charge in [0.15, 0.2) is 0 Å². The van der Waals surface area contributed by atoms with Crippen molar-refractivity contribution in [3.8, 4) is 0 Å². The molecule has 2 aromatic rings. The zero-order valence-electron chi connectivity index (χ0n) is 11.8. The van der Waals surface area contributed by atoms with Gasteiger partial charge in [0, 0.05) is 11.8 Å². The highest BCUT2D eigenvalue weighted by Crippen LogP contribution is 2.25. The van der Waals surface area contributed by atoms with Crippen molar-refractivity contribution in [2.75, 3.05) is 10.7 Å². The molecule has 0 aliphatic carbocycles. The van der Waals surface area contributed by atoms with Crippen LogP contribution in [0.1, 0.15) is 5.56 Å². The molecule has 7 nitrogen and oxygen atoms in total. The number of hydrogen-bond donors (Lipinski definition) is 2. The highest BCUT2D eigenvalue weighted by Gasteiger charge is 2.12. The Morgan fingerprint density at radius 2 is 1.95 bits per heavy atom. The Bertz CT molecular complexity index is 714. The van der Waals surface area contributed by atoms with E-state index in [2.05, 4.69) is 15.8 Å². The summed E-state index contributed by atoms with van der Waals surface area (Å²) in [5.74, 6) is -0.437. The maximum absolute atomic E-state index is 11.6. The number of nitrogens with one attached hydrogen (secondary N) is 2. The van der Waals surface area contributed by atoms with E-state index in [0.717, 1.165) is 11.8 Å². The van der Waals surface area contributed by atoms with E-state index in [0.29, 0.717) is 5.69 Å². The van der Waals surface area contributed by atoms with Gasteiger partial charge in [0.25, 0.3) is 11.6 Å². The summed E-state index contributed by atoms with van der Waals surface area (Å²) in [5, 5.41) is 17.3. The molecule has 22 heavy (non-hydrogen) atoms. The van der Waals surface area contributed by atoms with Crippen molar-refractivity contribution in [1.82, 2.24) is 0 Å². The van der Waals surface area contributed by atoms with Crippen molar-refractivity contribution >= 4 is 29.2 Å². The molecule has 0 aliphatic heterocycles. The lowest BCUT2D eigenvalue weighted by Crippen LogP contribution is -2.13. The summed E-state index contributed by atoms with van der Waals surface area (Å²) in [6.45, 7) is 1.76. The molecule has 0 atom stereocenters. The SMILES string of the molecule is Cc1ccc(NN=CC(=O)Nc2ccccc2)c([N+](=O)[O-])c1. The van der Waals surface area contributed by atoms with Crippen molar-refractivity contribution in [2.45, 2.75) is 6.92 Å². The van der Waals surface area contributed by atoms with Crippen molar-refractivity contribution in [1.29, 1.82) is 0 Å². The van der Waals surface area contributed by atoms with Gasteiger partial charge >= 0.3 is 0 Å². The Labute approximate surface area is 126 Å². The van der Waals surface area contributed by atoms with Gasteiger partial charge in [0.1, 0.15) is 11.9 Å². The number of anilines is 2. The zero-order chi connectivity index (χ0) is 15.9. The number of carbonyl (C=O) groups is 1. The fraction of sp³-hybridized carbons (Fsp3) is 0.0667. The van der Waals surface area contributed by atoms with E-state index in [-0.39, 0.29) is 11.4 Å². The monoisotopic (exact) mass is 298 g/mol. The molecule has 2 aromatic carbocycles. The molecule has 0 spiro atoms. The van der Waals surface area contributed by atoms with Gasteiger partial charge in [-0.3, -0.25) is 20.3 Å². The van der Waals surface area contributed by atoms with Crippen molar-refractivity contribution < 1.29 is 9.72 Å². The van der Waals surface area contributed by atoms with Gasteiger partial charge in [0.05, 0.1) is 4.92 Å². The molecule has 0 saturated carbocycles. The Morgan fingerprint density at radius 1 is 1.23 bits per heavy atom. The summed E-state index contributed by atoms with van der Waals surface area (Å²) in [6.07, 6.45) is 1.02. The third-order valence-corrected chi connectivity index (χ3v) is 2.76. The summed E-state index contributed by atoms with van der Waals surface area (Å²) in [5.41, 5.74) is 4.04. The van der Waals surface area contributed by atoms with E-state index in [1.54, 1.807) is 43.3 Å². The number of aryl methyl sites for hydroxylation is 1. The number of nitrogens with zero attached hydrogens (tertiary/aromatic N) is 2. The first-order chi connectivity index (χ1) is 10.6. The predicted octanol–water partition coefficient (Wildman–Crippen LogP) is 2.94. The summed E-state index contributed by atoms with van der Waals surface area (Å²) in [6, 6.07) is 13.6. The van der Waals surface area contributed by atoms with E-state index < -0.39 is 10.8 Å². The Morgan fingerprint density at radius 3 is 2.64 bits per heavy atom. The van der Waals surface area contributed by atoms with E-state index >= 15 is 0 Å². The number of hydrazone groups is 1. The molecule has 0 heterocycles. The fourth-order valence-corrected chi connectivity index (χ4v) is 1.74. The lowest BCUT2D eigenvalue weighted by atomic mass is 10.2. The molecule has 112 valence electrons. The maximum atomic E-state index is 11.6. The van der Waals surface area contributed by atoms with Crippen molar-refractivity contribution in [3.63, 3.8) is 0 Å². The summed E-state index contributed by atoms with van der Waals surface area (Å²) < 4.78 is 0. The van der Waals surface area contributed by atoms with Gasteiger partial charge in [-0.1, -0.05) is 24.3 Å². The standard InChI is InChI=1S/C15H14N4O3/c1-11-7-8-13(14(9-11)19(21)22)18-16-10-15(20)17-12-5-3-2-4-6-12/h2-10,18H,1H3,(H,17,20). The zero-order valence-corrected chi connectivity index (χ0v) is 11.8. The van der Waals surface area contributed by atoms with Crippen LogP contribution in [0.15, 0.2) is 53.6 Å². The van der Waals surface area contributed by atoms with Crippen LogP contribution < -0.4 is 10.7 Å². The summed E-state index contributed by atoms with van der Waals surface area (Å²) in [7, 11) is 0. The number of nitro groups is 1. The Hall–Kier alpha value is -3.22. The molecule has 0 fully saturated rings. The Balaban J connectivity index is 2.00. The topological polar surface area (TPSA) is 96.6 Å². The molecule has 0 aromatic heterocycles. The summed E-state index contributed by atoms with van der Waals surface area (Å²) >= 11 is 0. The molecule has 0 bridgehead atoms. The first-order valence-electron chi connectivity index (χ1n) is 6.46. The quantitative estimate of drug-likeness (QED) is 0.504. The van der Waals surface area contributed by atoms with Crippen LogP contribution in [0.3, 0.4) is 0 Å². The maximum Gasteiger partial charge on any atom is 0.294 e. The normalized spacial score (nSPS) is 10.4.